The van der Waals surface area contributed by atoms with E-state index >= 15 is 0 Å². The summed E-state index contributed by atoms with van der Waals surface area (Å²) in [6, 6.07) is 6.90. The van der Waals surface area contributed by atoms with E-state index in [1.165, 1.54) is 29.5 Å². The van der Waals surface area contributed by atoms with E-state index in [2.05, 4.69) is 32.0 Å². The second kappa shape index (κ2) is 5.65. The molecule has 2 N–H and O–H groups in total. The minimum atomic E-state index is 0.222. The molecule has 17 heavy (non-hydrogen) atoms. The second-order valence-electron chi connectivity index (χ2n) is 5.33. The van der Waals surface area contributed by atoms with Gasteiger partial charge in [0.05, 0.1) is 6.10 Å². The van der Waals surface area contributed by atoms with Crippen molar-refractivity contribution in [2.24, 2.45) is 5.73 Å². The number of rotatable bonds is 4. The molecule has 2 nitrogen and oxygen atoms in total. The third-order valence-electron chi connectivity index (χ3n) is 3.37. The van der Waals surface area contributed by atoms with Crippen molar-refractivity contribution in [1.29, 1.82) is 0 Å². The van der Waals surface area contributed by atoms with Crippen LogP contribution in [0.2, 0.25) is 0 Å². The maximum Gasteiger partial charge on any atom is 0.0590 e. The van der Waals surface area contributed by atoms with Crippen molar-refractivity contribution in [2.75, 3.05) is 6.61 Å². The van der Waals surface area contributed by atoms with Crippen LogP contribution >= 0.6 is 0 Å². The maximum atomic E-state index is 6.21. The van der Waals surface area contributed by atoms with Gasteiger partial charge in [-0.05, 0) is 45.1 Å². The molecule has 1 aliphatic heterocycles. The maximum absolute atomic E-state index is 6.21. The van der Waals surface area contributed by atoms with Gasteiger partial charge < -0.3 is 10.5 Å². The van der Waals surface area contributed by atoms with E-state index in [9.17, 15) is 0 Å². The van der Waals surface area contributed by atoms with Gasteiger partial charge >= 0.3 is 0 Å². The summed E-state index contributed by atoms with van der Waals surface area (Å²) < 4.78 is 5.63. The number of hydrogen-bond acceptors (Lipinski definition) is 2. The predicted molar refractivity (Wildman–Crippen MR) is 71.2 cm³/mol. The lowest BCUT2D eigenvalue weighted by Gasteiger charge is -2.16. The van der Waals surface area contributed by atoms with Crippen LogP contribution in [0.4, 0.5) is 0 Å². The quantitative estimate of drug-likeness (QED) is 0.868. The molecule has 1 fully saturated rings. The summed E-state index contributed by atoms with van der Waals surface area (Å²) in [6.45, 7) is 5.20. The lowest BCUT2D eigenvalue weighted by atomic mass is 9.98. The SMILES string of the molecule is Cc1cc(C)cc(CC(N)CC2CCCO2)c1. The highest BCUT2D eigenvalue weighted by Crippen LogP contribution is 2.18. The van der Waals surface area contributed by atoms with Crippen molar-refractivity contribution in [3.8, 4) is 0 Å². The number of hydrogen-bond donors (Lipinski definition) is 1. The summed E-state index contributed by atoms with van der Waals surface area (Å²) in [6.07, 6.45) is 4.73. The Morgan fingerprint density at radius 1 is 1.29 bits per heavy atom. The van der Waals surface area contributed by atoms with Gasteiger partial charge in [-0.2, -0.15) is 0 Å². The topological polar surface area (TPSA) is 35.2 Å². The Morgan fingerprint density at radius 3 is 2.59 bits per heavy atom. The molecule has 2 atom stereocenters. The van der Waals surface area contributed by atoms with Gasteiger partial charge in [-0.3, -0.25) is 0 Å². The summed E-state index contributed by atoms with van der Waals surface area (Å²) in [5, 5.41) is 0. The van der Waals surface area contributed by atoms with Crippen molar-refractivity contribution in [3.05, 3.63) is 34.9 Å². The molecule has 1 aromatic rings. The largest absolute Gasteiger partial charge is 0.378 e. The second-order valence-corrected chi connectivity index (χ2v) is 5.33. The average molecular weight is 233 g/mol. The Bertz CT molecular complexity index is 349. The molecule has 0 bridgehead atoms. The van der Waals surface area contributed by atoms with Crippen molar-refractivity contribution in [1.82, 2.24) is 0 Å². The predicted octanol–water partition coefficient (Wildman–Crippen LogP) is 2.74. The van der Waals surface area contributed by atoms with E-state index in [4.69, 9.17) is 10.5 Å². The van der Waals surface area contributed by atoms with Crippen LogP contribution in [0, 0.1) is 13.8 Å². The van der Waals surface area contributed by atoms with E-state index < -0.39 is 0 Å². The van der Waals surface area contributed by atoms with Gasteiger partial charge in [0.15, 0.2) is 0 Å². The zero-order valence-corrected chi connectivity index (χ0v) is 10.9. The molecule has 0 amide bonds. The van der Waals surface area contributed by atoms with Crippen LogP contribution in [-0.4, -0.2) is 18.8 Å². The van der Waals surface area contributed by atoms with E-state index in [0.717, 1.165) is 19.4 Å². The smallest absolute Gasteiger partial charge is 0.0590 e. The highest BCUT2D eigenvalue weighted by molar-refractivity contribution is 5.29. The third-order valence-corrected chi connectivity index (χ3v) is 3.37. The van der Waals surface area contributed by atoms with Crippen LogP contribution in [0.25, 0.3) is 0 Å². The highest BCUT2D eigenvalue weighted by Gasteiger charge is 2.18. The third kappa shape index (κ3) is 3.83. The standard InChI is InChI=1S/C15H23NO/c1-11-6-12(2)8-13(7-11)9-14(16)10-15-4-3-5-17-15/h6-8,14-15H,3-5,9-10,16H2,1-2H3. The van der Waals surface area contributed by atoms with Crippen LogP contribution in [0.5, 0.6) is 0 Å². The van der Waals surface area contributed by atoms with Gasteiger partial charge in [0.25, 0.3) is 0 Å². The molecule has 1 saturated heterocycles. The number of ether oxygens (including phenoxy) is 1. The molecule has 0 spiro atoms. The van der Waals surface area contributed by atoms with Crippen LogP contribution in [0.3, 0.4) is 0 Å². The first kappa shape index (κ1) is 12.6. The Balaban J connectivity index is 1.90. The molecule has 0 saturated carbocycles. The van der Waals surface area contributed by atoms with Gasteiger partial charge in [-0.1, -0.05) is 29.3 Å². The Morgan fingerprint density at radius 2 is 2.00 bits per heavy atom. The Kier molecular flexibility index (Phi) is 4.19. The van der Waals surface area contributed by atoms with Crippen molar-refractivity contribution in [3.63, 3.8) is 0 Å². The molecular weight excluding hydrogens is 210 g/mol. The fourth-order valence-electron chi connectivity index (χ4n) is 2.74. The van der Waals surface area contributed by atoms with E-state index in [-0.39, 0.29) is 6.04 Å². The molecule has 2 unspecified atom stereocenters. The Hall–Kier alpha value is -0.860. The van der Waals surface area contributed by atoms with Crippen molar-refractivity contribution >= 4 is 0 Å². The van der Waals surface area contributed by atoms with Crippen LogP contribution in [0.15, 0.2) is 18.2 Å². The summed E-state index contributed by atoms with van der Waals surface area (Å²) in [4.78, 5) is 0. The normalized spacial score (nSPS) is 21.7. The van der Waals surface area contributed by atoms with Crippen LogP contribution < -0.4 is 5.73 Å². The first-order valence-corrected chi connectivity index (χ1v) is 6.58. The molecule has 94 valence electrons. The average Bonchev–Trinajstić information content (AvgIpc) is 2.67. The van der Waals surface area contributed by atoms with Gasteiger partial charge in [-0.25, -0.2) is 0 Å². The fourth-order valence-corrected chi connectivity index (χ4v) is 2.74. The number of benzene rings is 1. The van der Waals surface area contributed by atoms with E-state index in [1.54, 1.807) is 0 Å². The van der Waals surface area contributed by atoms with E-state index in [0.29, 0.717) is 6.10 Å². The number of nitrogens with two attached hydrogens (primary N) is 1. The lowest BCUT2D eigenvalue weighted by molar-refractivity contribution is 0.0983. The zero-order chi connectivity index (χ0) is 12.3. The summed E-state index contributed by atoms with van der Waals surface area (Å²) in [5.74, 6) is 0. The lowest BCUT2D eigenvalue weighted by Crippen LogP contribution is -2.28. The molecule has 1 aromatic carbocycles. The fraction of sp³-hybridized carbons (Fsp3) is 0.600. The molecule has 0 aromatic heterocycles. The van der Waals surface area contributed by atoms with Gasteiger partial charge in [0.1, 0.15) is 0 Å². The monoisotopic (exact) mass is 233 g/mol. The minimum absolute atomic E-state index is 0.222. The molecule has 2 rings (SSSR count). The number of aryl methyl sites for hydroxylation is 2. The summed E-state index contributed by atoms with van der Waals surface area (Å²) in [7, 11) is 0. The molecule has 2 heteroatoms. The molecule has 0 aliphatic carbocycles. The summed E-state index contributed by atoms with van der Waals surface area (Å²) in [5.41, 5.74) is 10.2. The van der Waals surface area contributed by atoms with Gasteiger partial charge in [0.2, 0.25) is 0 Å². The first-order chi connectivity index (χ1) is 8.13. The van der Waals surface area contributed by atoms with Crippen LogP contribution in [0.1, 0.15) is 36.0 Å². The highest BCUT2D eigenvalue weighted by atomic mass is 16.5. The first-order valence-electron chi connectivity index (χ1n) is 6.58. The zero-order valence-electron chi connectivity index (χ0n) is 10.9. The molecule has 1 aliphatic rings. The van der Waals surface area contributed by atoms with Gasteiger partial charge in [-0.15, -0.1) is 0 Å². The Labute approximate surface area is 104 Å². The molecule has 1 heterocycles. The summed E-state index contributed by atoms with van der Waals surface area (Å²) >= 11 is 0. The minimum Gasteiger partial charge on any atom is -0.378 e. The van der Waals surface area contributed by atoms with Crippen molar-refractivity contribution < 1.29 is 4.74 Å². The molecular formula is C15H23NO. The van der Waals surface area contributed by atoms with Gasteiger partial charge in [0, 0.05) is 12.6 Å². The van der Waals surface area contributed by atoms with E-state index in [1.807, 2.05) is 0 Å². The van der Waals surface area contributed by atoms with Crippen molar-refractivity contribution in [2.45, 2.75) is 51.7 Å². The molecule has 0 radical (unpaired) electrons. The van der Waals surface area contributed by atoms with Crippen LogP contribution in [-0.2, 0) is 11.2 Å².